The molecular weight excluding hydrogens is 383 g/mol. The summed E-state index contributed by atoms with van der Waals surface area (Å²) in [6.45, 7) is 3.28. The molecule has 1 N–H and O–H groups in total. The first kappa shape index (κ1) is 20.7. The van der Waals surface area contributed by atoms with E-state index in [0.29, 0.717) is 23.6 Å². The van der Waals surface area contributed by atoms with Gasteiger partial charge in [0.1, 0.15) is 5.82 Å². The molecule has 1 aliphatic heterocycles. The highest BCUT2D eigenvalue weighted by atomic mass is 19.1. The zero-order valence-electron chi connectivity index (χ0n) is 17.8. The lowest BCUT2D eigenvalue weighted by atomic mass is 9.87. The Balaban J connectivity index is 1.69. The van der Waals surface area contributed by atoms with Crippen LogP contribution in [0, 0.1) is 11.7 Å². The Morgan fingerprint density at radius 1 is 1.20 bits per heavy atom. The van der Waals surface area contributed by atoms with E-state index in [1.54, 1.807) is 20.3 Å². The summed E-state index contributed by atoms with van der Waals surface area (Å²) in [6, 6.07) is 10.7. The first-order valence-electron chi connectivity index (χ1n) is 10.5. The fourth-order valence-corrected chi connectivity index (χ4v) is 4.40. The molecule has 0 unspecified atom stereocenters. The van der Waals surface area contributed by atoms with Crippen molar-refractivity contribution < 1.29 is 18.7 Å². The minimum absolute atomic E-state index is 0.0872. The Bertz CT molecular complexity index is 929. The van der Waals surface area contributed by atoms with Crippen LogP contribution in [0.5, 0.6) is 11.5 Å². The van der Waals surface area contributed by atoms with E-state index in [9.17, 15) is 9.18 Å². The summed E-state index contributed by atoms with van der Waals surface area (Å²) in [4.78, 5) is 14.7. The van der Waals surface area contributed by atoms with Gasteiger partial charge in [-0.2, -0.15) is 0 Å². The van der Waals surface area contributed by atoms with Crippen LogP contribution >= 0.6 is 0 Å². The average Bonchev–Trinajstić information content (AvgIpc) is 3.59. The highest BCUT2D eigenvalue weighted by Gasteiger charge is 2.36. The van der Waals surface area contributed by atoms with Gasteiger partial charge in [0.2, 0.25) is 5.91 Å². The summed E-state index contributed by atoms with van der Waals surface area (Å²) >= 11 is 0. The van der Waals surface area contributed by atoms with Gasteiger partial charge in [0, 0.05) is 30.6 Å². The number of benzene rings is 2. The molecule has 2 aliphatic rings. The molecule has 0 radical (unpaired) electrons. The minimum atomic E-state index is -0.205. The second kappa shape index (κ2) is 8.64. The molecule has 1 heterocycles. The largest absolute Gasteiger partial charge is 0.493 e. The van der Waals surface area contributed by atoms with Crippen molar-refractivity contribution in [2.24, 2.45) is 5.92 Å². The van der Waals surface area contributed by atoms with Crippen molar-refractivity contribution in [2.45, 2.75) is 44.8 Å². The summed E-state index contributed by atoms with van der Waals surface area (Å²) in [6.07, 6.45) is 2.75. The molecule has 2 aromatic rings. The molecule has 160 valence electrons. The van der Waals surface area contributed by atoms with Crippen LogP contribution in [0.3, 0.4) is 0 Å². The zero-order chi connectivity index (χ0) is 21.3. The molecule has 0 saturated heterocycles. The van der Waals surface area contributed by atoms with E-state index in [-0.39, 0.29) is 29.7 Å². The number of amides is 1. The van der Waals surface area contributed by atoms with Crippen LogP contribution in [0.4, 0.5) is 4.39 Å². The van der Waals surface area contributed by atoms with Crippen LogP contribution in [0.15, 0.2) is 36.4 Å². The van der Waals surface area contributed by atoms with Gasteiger partial charge >= 0.3 is 0 Å². The molecule has 6 heteroatoms. The molecular formula is C24H29FN2O3. The first-order valence-corrected chi connectivity index (χ1v) is 10.5. The number of carbonyl (C=O) groups excluding carboxylic acids is 1. The van der Waals surface area contributed by atoms with E-state index in [2.05, 4.69) is 10.2 Å². The molecule has 2 atom stereocenters. The lowest BCUT2D eigenvalue weighted by Crippen LogP contribution is -2.47. The number of rotatable bonds is 7. The van der Waals surface area contributed by atoms with Gasteiger partial charge in [-0.3, -0.25) is 9.69 Å². The van der Waals surface area contributed by atoms with Gasteiger partial charge in [-0.05, 0) is 55.5 Å². The van der Waals surface area contributed by atoms with Crippen LogP contribution in [0.1, 0.15) is 42.5 Å². The number of nitrogens with zero attached hydrogens (tertiary/aromatic N) is 1. The molecule has 0 bridgehead atoms. The van der Waals surface area contributed by atoms with Crippen LogP contribution in [-0.2, 0) is 17.8 Å². The molecule has 1 fully saturated rings. The zero-order valence-corrected chi connectivity index (χ0v) is 17.8. The Kier molecular flexibility index (Phi) is 5.95. The van der Waals surface area contributed by atoms with Crippen LogP contribution < -0.4 is 14.8 Å². The maximum absolute atomic E-state index is 14.4. The molecule has 1 amide bonds. The number of ether oxygens (including phenoxy) is 2. The predicted octanol–water partition coefficient (Wildman–Crippen LogP) is 3.86. The fraction of sp³-hybridized carbons (Fsp3) is 0.458. The van der Waals surface area contributed by atoms with Gasteiger partial charge in [-0.1, -0.05) is 18.2 Å². The summed E-state index contributed by atoms with van der Waals surface area (Å²) in [5.74, 6) is 1.41. The number of fused-ring (bicyclic) bond motifs is 1. The molecule has 1 saturated carbocycles. The number of hydrogen-bond donors (Lipinski definition) is 1. The minimum Gasteiger partial charge on any atom is -0.493 e. The maximum Gasteiger partial charge on any atom is 0.223 e. The highest BCUT2D eigenvalue weighted by molar-refractivity contribution is 5.81. The van der Waals surface area contributed by atoms with Crippen LogP contribution in [-0.4, -0.2) is 37.6 Å². The van der Waals surface area contributed by atoms with Crippen LogP contribution in [0.2, 0.25) is 0 Å². The Labute approximate surface area is 177 Å². The maximum atomic E-state index is 14.4. The van der Waals surface area contributed by atoms with E-state index in [1.165, 1.54) is 11.6 Å². The number of halogens is 1. The monoisotopic (exact) mass is 412 g/mol. The molecule has 1 aliphatic carbocycles. The van der Waals surface area contributed by atoms with Crippen molar-refractivity contribution >= 4 is 5.91 Å². The van der Waals surface area contributed by atoms with E-state index < -0.39 is 0 Å². The van der Waals surface area contributed by atoms with Crippen LogP contribution in [0.25, 0.3) is 0 Å². The standard InChI is InChI=1S/C24H29FN2O3/c1-15(26-24(28)16-8-9-16)23-19-13-22(30-3)21(29-2)12-17(19)10-11-27(23)14-18-6-4-5-7-20(18)25/h4-7,12-13,15-16,23H,8-11,14H2,1-3H3,(H,26,28)/t15-,23-/m1/s1. The van der Waals surface area contributed by atoms with Crippen molar-refractivity contribution in [2.75, 3.05) is 20.8 Å². The van der Waals surface area contributed by atoms with Gasteiger partial charge in [-0.25, -0.2) is 4.39 Å². The average molecular weight is 413 g/mol. The van der Waals surface area contributed by atoms with Gasteiger partial charge < -0.3 is 14.8 Å². The number of hydrogen-bond acceptors (Lipinski definition) is 4. The van der Waals surface area contributed by atoms with Crippen molar-refractivity contribution in [1.82, 2.24) is 10.2 Å². The smallest absolute Gasteiger partial charge is 0.223 e. The van der Waals surface area contributed by atoms with Gasteiger partial charge in [0.15, 0.2) is 11.5 Å². The second-order valence-electron chi connectivity index (χ2n) is 8.23. The topological polar surface area (TPSA) is 50.8 Å². The normalized spacial score (nSPS) is 19.7. The molecule has 2 aromatic carbocycles. The number of carbonyl (C=O) groups is 1. The summed E-state index contributed by atoms with van der Waals surface area (Å²) < 4.78 is 25.4. The Morgan fingerprint density at radius 2 is 1.90 bits per heavy atom. The summed E-state index contributed by atoms with van der Waals surface area (Å²) in [5, 5.41) is 3.20. The number of nitrogens with one attached hydrogen (secondary N) is 1. The van der Waals surface area contributed by atoms with E-state index >= 15 is 0 Å². The molecule has 0 spiro atoms. The van der Waals surface area contributed by atoms with Gasteiger partial charge in [0.05, 0.1) is 20.3 Å². The predicted molar refractivity (Wildman–Crippen MR) is 113 cm³/mol. The summed E-state index contributed by atoms with van der Waals surface area (Å²) in [7, 11) is 3.25. The van der Waals surface area contributed by atoms with E-state index in [4.69, 9.17) is 9.47 Å². The second-order valence-corrected chi connectivity index (χ2v) is 8.23. The lowest BCUT2D eigenvalue weighted by Gasteiger charge is -2.41. The number of methoxy groups -OCH3 is 2. The van der Waals surface area contributed by atoms with Crippen molar-refractivity contribution in [1.29, 1.82) is 0 Å². The Hall–Kier alpha value is -2.60. The third-order valence-electron chi connectivity index (χ3n) is 6.15. The quantitative estimate of drug-likeness (QED) is 0.750. The van der Waals surface area contributed by atoms with Crippen molar-refractivity contribution in [3.63, 3.8) is 0 Å². The van der Waals surface area contributed by atoms with Gasteiger partial charge in [0.25, 0.3) is 0 Å². The first-order chi connectivity index (χ1) is 14.5. The van der Waals surface area contributed by atoms with Gasteiger partial charge in [-0.15, -0.1) is 0 Å². The van der Waals surface area contributed by atoms with E-state index in [0.717, 1.165) is 31.4 Å². The summed E-state index contributed by atoms with van der Waals surface area (Å²) in [5.41, 5.74) is 2.93. The van der Waals surface area contributed by atoms with Crippen molar-refractivity contribution in [3.05, 3.63) is 58.9 Å². The SMILES string of the molecule is COc1cc2c(cc1OC)[C@@H]([C@@H](C)NC(=O)C1CC1)N(Cc1ccccc1F)CC2. The lowest BCUT2D eigenvalue weighted by molar-refractivity contribution is -0.123. The third-order valence-corrected chi connectivity index (χ3v) is 6.15. The van der Waals surface area contributed by atoms with Crippen molar-refractivity contribution in [3.8, 4) is 11.5 Å². The Morgan fingerprint density at radius 3 is 2.57 bits per heavy atom. The third kappa shape index (κ3) is 4.15. The molecule has 30 heavy (non-hydrogen) atoms. The molecule has 4 rings (SSSR count). The fourth-order valence-electron chi connectivity index (χ4n) is 4.40. The molecule has 5 nitrogen and oxygen atoms in total. The van der Waals surface area contributed by atoms with E-state index in [1.807, 2.05) is 31.2 Å². The highest BCUT2D eigenvalue weighted by Crippen LogP contribution is 2.40. The molecule has 0 aromatic heterocycles.